The maximum atomic E-state index is 12.4. The number of aromatic nitrogens is 1. The van der Waals surface area contributed by atoms with Crippen LogP contribution in [-0.2, 0) is 11.3 Å². The molecule has 0 atom stereocenters. The Balaban J connectivity index is 2.05. The summed E-state index contributed by atoms with van der Waals surface area (Å²) in [6, 6.07) is 11.1. The van der Waals surface area contributed by atoms with Gasteiger partial charge in [-0.15, -0.1) is 6.58 Å². The molecule has 3 rings (SSSR count). The maximum absolute atomic E-state index is 12.4. The summed E-state index contributed by atoms with van der Waals surface area (Å²) in [7, 11) is 3.17. The molecule has 0 saturated heterocycles. The number of carbonyl (C=O) groups excluding carboxylic acids is 1. The van der Waals surface area contributed by atoms with Crippen LogP contribution in [0.5, 0.6) is 11.5 Å². The molecule has 5 nitrogen and oxygen atoms in total. The zero-order valence-electron chi connectivity index (χ0n) is 15.5. The third-order valence-electron chi connectivity index (χ3n) is 4.02. The van der Waals surface area contributed by atoms with Gasteiger partial charge in [-0.3, -0.25) is 4.79 Å². The molecule has 28 heavy (non-hydrogen) atoms. The van der Waals surface area contributed by atoms with Crippen molar-refractivity contribution in [1.29, 1.82) is 0 Å². The van der Waals surface area contributed by atoms with Crippen molar-refractivity contribution in [1.82, 2.24) is 4.57 Å². The smallest absolute Gasteiger partial charge is 0.272 e. The molecule has 0 radical (unpaired) electrons. The van der Waals surface area contributed by atoms with Gasteiger partial charge in [0.2, 0.25) is 0 Å². The summed E-state index contributed by atoms with van der Waals surface area (Å²) in [6.07, 6.45) is 4.82. The molecular formula is C21H19ClN2O3S. The van der Waals surface area contributed by atoms with Crippen molar-refractivity contribution in [3.63, 3.8) is 0 Å². The van der Waals surface area contributed by atoms with Gasteiger partial charge in [0.15, 0.2) is 16.3 Å². The fourth-order valence-electron chi connectivity index (χ4n) is 2.69. The van der Waals surface area contributed by atoms with Crippen LogP contribution >= 0.6 is 22.9 Å². The van der Waals surface area contributed by atoms with E-state index in [1.54, 1.807) is 32.4 Å². The first kappa shape index (κ1) is 19.9. The predicted octanol–water partition coefficient (Wildman–Crippen LogP) is 4.70. The lowest BCUT2D eigenvalue weighted by Gasteiger charge is -2.08. The lowest BCUT2D eigenvalue weighted by Crippen LogP contribution is -2.15. The van der Waals surface area contributed by atoms with E-state index in [0.717, 1.165) is 15.8 Å². The Hall–Kier alpha value is -2.83. The second kappa shape index (κ2) is 8.91. The Bertz CT molecular complexity index is 1130. The zero-order chi connectivity index (χ0) is 20.1. The molecule has 1 amide bonds. The Kier molecular flexibility index (Phi) is 6.34. The molecule has 7 heteroatoms. The first-order valence-corrected chi connectivity index (χ1v) is 9.64. The first-order chi connectivity index (χ1) is 13.6. The molecule has 0 aliphatic rings. The van der Waals surface area contributed by atoms with Crippen molar-refractivity contribution in [3.05, 3.63) is 70.5 Å². The quantitative estimate of drug-likeness (QED) is 0.434. The normalized spacial score (nSPS) is 11.9. The van der Waals surface area contributed by atoms with Crippen LogP contribution in [-0.4, -0.2) is 24.7 Å². The minimum atomic E-state index is -0.372. The summed E-state index contributed by atoms with van der Waals surface area (Å²) in [5.74, 6) is 0.865. The fourth-order valence-corrected chi connectivity index (χ4v) is 3.94. The van der Waals surface area contributed by atoms with Crippen LogP contribution in [0.1, 0.15) is 5.56 Å². The maximum Gasteiger partial charge on any atom is 0.272 e. The van der Waals surface area contributed by atoms with Gasteiger partial charge < -0.3 is 14.0 Å². The number of hydrogen-bond donors (Lipinski definition) is 0. The molecule has 0 aliphatic carbocycles. The monoisotopic (exact) mass is 414 g/mol. The third-order valence-corrected chi connectivity index (χ3v) is 5.40. The van der Waals surface area contributed by atoms with Crippen LogP contribution < -0.4 is 14.3 Å². The molecule has 0 saturated carbocycles. The average molecular weight is 415 g/mol. The number of carbonyl (C=O) groups is 1. The molecular weight excluding hydrogens is 396 g/mol. The molecule has 0 N–H and O–H groups in total. The summed E-state index contributed by atoms with van der Waals surface area (Å²) >= 11 is 7.51. The van der Waals surface area contributed by atoms with Gasteiger partial charge in [0.25, 0.3) is 5.91 Å². The molecule has 1 heterocycles. The van der Waals surface area contributed by atoms with Crippen molar-refractivity contribution in [2.24, 2.45) is 4.99 Å². The summed E-state index contributed by atoms with van der Waals surface area (Å²) < 4.78 is 13.6. The van der Waals surface area contributed by atoms with Crippen molar-refractivity contribution < 1.29 is 14.3 Å². The first-order valence-electron chi connectivity index (χ1n) is 8.45. The SMILES string of the molecule is C=CCn1c(=NC(=O)/C=C/c2ccccc2Cl)sc2cc(OC)c(OC)cc21. The predicted molar refractivity (Wildman–Crippen MR) is 114 cm³/mol. The number of fused-ring (bicyclic) bond motifs is 1. The topological polar surface area (TPSA) is 52.8 Å². The molecule has 144 valence electrons. The van der Waals surface area contributed by atoms with Crippen LogP contribution in [0.25, 0.3) is 16.3 Å². The van der Waals surface area contributed by atoms with Gasteiger partial charge in [-0.05, 0) is 17.7 Å². The van der Waals surface area contributed by atoms with E-state index in [1.165, 1.54) is 17.4 Å². The standard InChI is InChI=1S/C21H19ClN2O3S/c1-4-11-24-16-12-17(26-2)18(27-3)13-19(16)28-21(24)23-20(25)10-9-14-7-5-6-8-15(14)22/h4-10,12-13H,1,11H2,2-3H3/b10-9+,23-21?. The van der Waals surface area contributed by atoms with Crippen molar-refractivity contribution in [2.45, 2.75) is 6.54 Å². The lowest BCUT2D eigenvalue weighted by atomic mass is 10.2. The number of benzene rings is 2. The number of thiazole rings is 1. The van der Waals surface area contributed by atoms with Gasteiger partial charge in [0, 0.05) is 29.8 Å². The Labute approximate surface area is 171 Å². The minimum absolute atomic E-state index is 0.372. The second-order valence-corrected chi connectivity index (χ2v) is 7.18. The van der Waals surface area contributed by atoms with E-state index in [4.69, 9.17) is 21.1 Å². The van der Waals surface area contributed by atoms with Crippen LogP contribution in [0.3, 0.4) is 0 Å². The van der Waals surface area contributed by atoms with Crippen molar-refractivity contribution >= 4 is 45.1 Å². The van der Waals surface area contributed by atoms with E-state index in [9.17, 15) is 4.79 Å². The molecule has 0 fully saturated rings. The van der Waals surface area contributed by atoms with E-state index in [0.29, 0.717) is 27.9 Å². The number of amides is 1. The van der Waals surface area contributed by atoms with Crippen molar-refractivity contribution in [3.8, 4) is 11.5 Å². The summed E-state index contributed by atoms with van der Waals surface area (Å²) in [6.45, 7) is 4.31. The fraction of sp³-hybridized carbons (Fsp3) is 0.143. The van der Waals surface area contributed by atoms with E-state index >= 15 is 0 Å². The highest BCUT2D eigenvalue weighted by Gasteiger charge is 2.12. The summed E-state index contributed by atoms with van der Waals surface area (Å²) in [4.78, 5) is 17.2. The third kappa shape index (κ3) is 4.18. The van der Waals surface area contributed by atoms with E-state index < -0.39 is 0 Å². The van der Waals surface area contributed by atoms with Gasteiger partial charge in [-0.2, -0.15) is 4.99 Å². The van der Waals surface area contributed by atoms with Crippen LogP contribution in [0.4, 0.5) is 0 Å². The van der Waals surface area contributed by atoms with Gasteiger partial charge in [0.1, 0.15) is 0 Å². The number of methoxy groups -OCH3 is 2. The number of allylic oxidation sites excluding steroid dienone is 1. The van der Waals surface area contributed by atoms with Crippen LogP contribution in [0, 0.1) is 0 Å². The lowest BCUT2D eigenvalue weighted by molar-refractivity contribution is -0.113. The second-order valence-electron chi connectivity index (χ2n) is 5.76. The van der Waals surface area contributed by atoms with Gasteiger partial charge in [-0.1, -0.05) is 47.2 Å². The van der Waals surface area contributed by atoms with E-state index in [2.05, 4.69) is 11.6 Å². The van der Waals surface area contributed by atoms with Crippen LogP contribution in [0.2, 0.25) is 5.02 Å². The Morgan fingerprint density at radius 2 is 1.96 bits per heavy atom. The minimum Gasteiger partial charge on any atom is -0.493 e. The molecule has 0 bridgehead atoms. The Morgan fingerprint density at radius 3 is 2.64 bits per heavy atom. The number of halogens is 1. The average Bonchev–Trinajstić information content (AvgIpc) is 3.02. The number of ether oxygens (including phenoxy) is 2. The van der Waals surface area contributed by atoms with Gasteiger partial charge in [-0.25, -0.2) is 0 Å². The van der Waals surface area contributed by atoms with Gasteiger partial charge >= 0.3 is 0 Å². The number of rotatable bonds is 6. The van der Waals surface area contributed by atoms with Crippen LogP contribution in [0.15, 0.2) is 60.1 Å². The molecule has 0 aliphatic heterocycles. The molecule has 0 unspecified atom stereocenters. The molecule has 0 spiro atoms. The largest absolute Gasteiger partial charge is 0.493 e. The number of hydrogen-bond acceptors (Lipinski definition) is 4. The van der Waals surface area contributed by atoms with E-state index in [-0.39, 0.29) is 5.91 Å². The summed E-state index contributed by atoms with van der Waals surface area (Å²) in [5, 5.41) is 0.578. The Morgan fingerprint density at radius 1 is 1.25 bits per heavy atom. The highest BCUT2D eigenvalue weighted by molar-refractivity contribution is 7.16. The van der Waals surface area contributed by atoms with Crippen molar-refractivity contribution in [2.75, 3.05) is 14.2 Å². The number of nitrogens with zero attached hydrogens (tertiary/aromatic N) is 2. The molecule has 2 aromatic carbocycles. The molecule has 1 aromatic heterocycles. The zero-order valence-corrected chi connectivity index (χ0v) is 17.1. The highest BCUT2D eigenvalue weighted by atomic mass is 35.5. The van der Waals surface area contributed by atoms with Gasteiger partial charge in [0.05, 0.1) is 24.4 Å². The van der Waals surface area contributed by atoms with E-state index in [1.807, 2.05) is 34.9 Å². The summed E-state index contributed by atoms with van der Waals surface area (Å²) in [5.41, 5.74) is 1.65. The highest BCUT2D eigenvalue weighted by Crippen LogP contribution is 2.33. The molecule has 3 aromatic rings.